The minimum Gasteiger partial charge on any atom is -0.436 e. The summed E-state index contributed by atoms with van der Waals surface area (Å²) in [6.45, 7) is 4.64. The lowest BCUT2D eigenvalue weighted by molar-refractivity contribution is -0.132. The second-order valence-corrected chi connectivity index (χ2v) is 4.94. The van der Waals surface area contributed by atoms with Crippen LogP contribution < -0.4 is 5.32 Å². The summed E-state index contributed by atoms with van der Waals surface area (Å²) >= 11 is 0. The highest BCUT2D eigenvalue weighted by Crippen LogP contribution is 2.18. The molecule has 4 heteroatoms. The molecule has 0 unspecified atom stereocenters. The molecule has 0 aliphatic heterocycles. The van der Waals surface area contributed by atoms with E-state index in [0.717, 1.165) is 25.7 Å². The largest absolute Gasteiger partial charge is 0.436 e. The van der Waals surface area contributed by atoms with Crippen molar-refractivity contribution in [1.29, 1.82) is 0 Å². The van der Waals surface area contributed by atoms with Gasteiger partial charge in [-0.2, -0.15) is 0 Å². The van der Waals surface area contributed by atoms with Crippen LogP contribution in [0.5, 0.6) is 0 Å². The van der Waals surface area contributed by atoms with Crippen LogP contribution in [0.25, 0.3) is 0 Å². The zero-order valence-electron chi connectivity index (χ0n) is 10.3. The van der Waals surface area contributed by atoms with E-state index in [2.05, 4.69) is 5.32 Å². The van der Waals surface area contributed by atoms with E-state index in [4.69, 9.17) is 4.74 Å². The average Bonchev–Trinajstić information content (AvgIpc) is 2.17. The number of hydrogen-bond acceptors (Lipinski definition) is 3. The summed E-state index contributed by atoms with van der Waals surface area (Å²) in [7, 11) is 0. The summed E-state index contributed by atoms with van der Waals surface area (Å²) in [5.41, 5.74) is -1.03. The van der Waals surface area contributed by atoms with E-state index in [1.807, 2.05) is 0 Å². The number of carbonyl (C=O) groups is 2. The Hall–Kier alpha value is -1.06. The molecule has 1 N–H and O–H groups in total. The number of carbonyl (C=O) groups excluding carboxylic acids is 2. The van der Waals surface area contributed by atoms with Crippen LogP contribution in [0.1, 0.15) is 52.9 Å². The van der Waals surface area contributed by atoms with E-state index >= 15 is 0 Å². The van der Waals surface area contributed by atoms with Gasteiger partial charge in [-0.05, 0) is 33.6 Å². The second kappa shape index (κ2) is 5.32. The number of ether oxygens (including phenoxy) is 1. The number of rotatable bonds is 3. The normalized spacial score (nSPS) is 17.9. The van der Waals surface area contributed by atoms with Crippen molar-refractivity contribution >= 4 is 11.9 Å². The van der Waals surface area contributed by atoms with Crippen molar-refractivity contribution in [3.63, 3.8) is 0 Å². The standard InChI is InChI=1S/C12H21NO3/c1-9(14)12(2,3)16-11(15)13-10-7-5-4-6-8-10/h10H,4-8H2,1-3H3,(H,13,15). The number of hydrogen-bond donors (Lipinski definition) is 1. The monoisotopic (exact) mass is 227 g/mol. The quantitative estimate of drug-likeness (QED) is 0.805. The number of ketones is 1. The molecule has 0 bridgehead atoms. The first-order valence-corrected chi connectivity index (χ1v) is 5.92. The fourth-order valence-corrected chi connectivity index (χ4v) is 1.75. The molecule has 0 heterocycles. The molecular formula is C12H21NO3. The molecular weight excluding hydrogens is 206 g/mol. The van der Waals surface area contributed by atoms with E-state index in [9.17, 15) is 9.59 Å². The molecule has 92 valence electrons. The SMILES string of the molecule is CC(=O)C(C)(C)OC(=O)NC1CCCCC1. The first-order chi connectivity index (χ1) is 7.42. The van der Waals surface area contributed by atoms with Gasteiger partial charge in [0, 0.05) is 6.04 Å². The molecule has 0 spiro atoms. The highest BCUT2D eigenvalue weighted by atomic mass is 16.6. The smallest absolute Gasteiger partial charge is 0.408 e. The van der Waals surface area contributed by atoms with Gasteiger partial charge in [-0.1, -0.05) is 19.3 Å². The summed E-state index contributed by atoms with van der Waals surface area (Å²) < 4.78 is 5.10. The Morgan fingerprint density at radius 3 is 2.25 bits per heavy atom. The Kier molecular flexibility index (Phi) is 4.33. The number of nitrogens with one attached hydrogen (secondary N) is 1. The summed E-state index contributed by atoms with van der Waals surface area (Å²) in [5, 5.41) is 2.82. The van der Waals surface area contributed by atoms with Crippen molar-refractivity contribution < 1.29 is 14.3 Å². The molecule has 1 amide bonds. The predicted octanol–water partition coefficient (Wildman–Crippen LogP) is 2.41. The molecule has 0 radical (unpaired) electrons. The van der Waals surface area contributed by atoms with Crippen LogP contribution in [0.15, 0.2) is 0 Å². The van der Waals surface area contributed by atoms with Crippen molar-refractivity contribution in [1.82, 2.24) is 5.32 Å². The van der Waals surface area contributed by atoms with E-state index < -0.39 is 11.7 Å². The molecule has 0 aromatic heterocycles. The molecule has 1 saturated carbocycles. The van der Waals surface area contributed by atoms with Crippen LogP contribution >= 0.6 is 0 Å². The number of Topliss-reactive ketones (excluding diaryl/α,β-unsaturated/α-hetero) is 1. The van der Waals surface area contributed by atoms with Crippen molar-refractivity contribution in [2.45, 2.75) is 64.5 Å². The minimum absolute atomic E-state index is 0.147. The summed E-state index contributed by atoms with van der Waals surface area (Å²) in [5.74, 6) is -0.147. The van der Waals surface area contributed by atoms with Gasteiger partial charge in [0.05, 0.1) is 0 Å². The van der Waals surface area contributed by atoms with Gasteiger partial charge in [-0.3, -0.25) is 4.79 Å². The van der Waals surface area contributed by atoms with Crippen molar-refractivity contribution in [2.24, 2.45) is 0 Å². The Balaban J connectivity index is 2.37. The molecule has 0 aromatic carbocycles. The zero-order valence-corrected chi connectivity index (χ0v) is 10.3. The summed E-state index contributed by atoms with van der Waals surface area (Å²) in [6, 6.07) is 0.212. The van der Waals surface area contributed by atoms with Gasteiger partial charge in [-0.15, -0.1) is 0 Å². The molecule has 4 nitrogen and oxygen atoms in total. The van der Waals surface area contributed by atoms with E-state index in [1.165, 1.54) is 13.3 Å². The third-order valence-corrected chi connectivity index (χ3v) is 3.12. The van der Waals surface area contributed by atoms with Crippen LogP contribution in [0.3, 0.4) is 0 Å². The Morgan fingerprint density at radius 2 is 1.75 bits per heavy atom. The lowest BCUT2D eigenvalue weighted by atomic mass is 9.96. The maximum absolute atomic E-state index is 11.5. The Morgan fingerprint density at radius 1 is 1.19 bits per heavy atom. The van der Waals surface area contributed by atoms with Gasteiger partial charge >= 0.3 is 6.09 Å². The van der Waals surface area contributed by atoms with Crippen LogP contribution in [-0.4, -0.2) is 23.5 Å². The van der Waals surface area contributed by atoms with Crippen LogP contribution in [0.2, 0.25) is 0 Å². The lowest BCUT2D eigenvalue weighted by Crippen LogP contribution is -2.43. The average molecular weight is 227 g/mol. The summed E-state index contributed by atoms with van der Waals surface area (Å²) in [6.07, 6.45) is 5.09. The molecule has 1 aliphatic carbocycles. The predicted molar refractivity (Wildman–Crippen MR) is 61.2 cm³/mol. The first-order valence-electron chi connectivity index (χ1n) is 5.92. The molecule has 0 atom stereocenters. The van der Waals surface area contributed by atoms with E-state index in [-0.39, 0.29) is 11.8 Å². The molecule has 1 fully saturated rings. The van der Waals surface area contributed by atoms with Gasteiger partial charge < -0.3 is 10.1 Å². The maximum Gasteiger partial charge on any atom is 0.408 e. The van der Waals surface area contributed by atoms with E-state index in [0.29, 0.717) is 0 Å². The van der Waals surface area contributed by atoms with Crippen molar-refractivity contribution in [3.8, 4) is 0 Å². The van der Waals surface area contributed by atoms with Gasteiger partial charge in [0.2, 0.25) is 0 Å². The van der Waals surface area contributed by atoms with Crippen molar-refractivity contribution in [2.75, 3.05) is 0 Å². The third kappa shape index (κ3) is 3.83. The molecule has 0 aromatic rings. The topological polar surface area (TPSA) is 55.4 Å². The fraction of sp³-hybridized carbons (Fsp3) is 0.833. The van der Waals surface area contributed by atoms with Gasteiger partial charge in [0.25, 0.3) is 0 Å². The van der Waals surface area contributed by atoms with Crippen LogP contribution in [0, 0.1) is 0 Å². The highest BCUT2D eigenvalue weighted by Gasteiger charge is 2.29. The second-order valence-electron chi connectivity index (χ2n) is 4.94. The minimum atomic E-state index is -1.03. The maximum atomic E-state index is 11.5. The van der Waals surface area contributed by atoms with Crippen LogP contribution in [0.4, 0.5) is 4.79 Å². The Bertz CT molecular complexity index is 267. The van der Waals surface area contributed by atoms with E-state index in [1.54, 1.807) is 13.8 Å². The molecule has 1 aliphatic rings. The zero-order chi connectivity index (χ0) is 12.2. The number of alkyl carbamates (subject to hydrolysis) is 1. The number of amides is 1. The van der Waals surface area contributed by atoms with Crippen molar-refractivity contribution in [3.05, 3.63) is 0 Å². The highest BCUT2D eigenvalue weighted by molar-refractivity contribution is 5.86. The van der Waals surface area contributed by atoms with Gasteiger partial charge in [0.1, 0.15) is 0 Å². The summed E-state index contributed by atoms with van der Waals surface area (Å²) in [4.78, 5) is 22.7. The first kappa shape index (κ1) is 13.0. The van der Waals surface area contributed by atoms with Gasteiger partial charge in [-0.25, -0.2) is 4.79 Å². The molecule has 1 rings (SSSR count). The lowest BCUT2D eigenvalue weighted by Gasteiger charge is -2.26. The molecule has 0 saturated heterocycles. The van der Waals surface area contributed by atoms with Gasteiger partial charge in [0.15, 0.2) is 11.4 Å². The third-order valence-electron chi connectivity index (χ3n) is 3.12. The Labute approximate surface area is 96.7 Å². The fourth-order valence-electron chi connectivity index (χ4n) is 1.75. The molecule has 16 heavy (non-hydrogen) atoms. The van der Waals surface area contributed by atoms with Crippen LogP contribution in [-0.2, 0) is 9.53 Å².